The Morgan fingerprint density at radius 2 is 1.96 bits per heavy atom. The third-order valence-corrected chi connectivity index (χ3v) is 4.92. The molecule has 1 saturated heterocycles. The topological polar surface area (TPSA) is 105 Å². The number of rotatable bonds is 4. The van der Waals surface area contributed by atoms with E-state index in [1.165, 1.54) is 18.0 Å². The second-order valence-electron chi connectivity index (χ2n) is 5.31. The van der Waals surface area contributed by atoms with Crippen LogP contribution in [0.1, 0.15) is 0 Å². The number of hydrogen-bond acceptors (Lipinski definition) is 8. The van der Waals surface area contributed by atoms with Gasteiger partial charge in [0, 0.05) is 11.9 Å². The van der Waals surface area contributed by atoms with Crippen LogP contribution >= 0.6 is 11.8 Å². The van der Waals surface area contributed by atoms with Gasteiger partial charge in [-0.15, -0.1) is 11.8 Å². The summed E-state index contributed by atoms with van der Waals surface area (Å²) >= 11 is 1.24. The molecule has 1 aliphatic rings. The van der Waals surface area contributed by atoms with Gasteiger partial charge in [0.15, 0.2) is 5.44 Å². The lowest BCUT2D eigenvalue weighted by Gasteiger charge is -2.34. The monoisotopic (exact) mass is 350 g/mol. The SMILES string of the molecule is COc1ncccc1-c1ccc(O[C@H]2SC[C@@H](O)[C@H](O)[C@H]2O)cn1. The Kier molecular flexibility index (Phi) is 5.20. The molecule has 2 aromatic rings. The summed E-state index contributed by atoms with van der Waals surface area (Å²) in [5, 5.41) is 29.2. The van der Waals surface area contributed by atoms with Crippen molar-refractivity contribution < 1.29 is 24.8 Å². The molecule has 1 aliphatic heterocycles. The van der Waals surface area contributed by atoms with Gasteiger partial charge in [-0.25, -0.2) is 4.98 Å². The predicted octanol–water partition coefficient (Wildman–Crippen LogP) is 0.687. The molecule has 8 heteroatoms. The van der Waals surface area contributed by atoms with Crippen molar-refractivity contribution >= 4 is 11.8 Å². The molecule has 3 heterocycles. The van der Waals surface area contributed by atoms with Gasteiger partial charge in [0.05, 0.1) is 30.7 Å². The Hall–Kier alpha value is -1.87. The molecule has 0 amide bonds. The molecule has 24 heavy (non-hydrogen) atoms. The van der Waals surface area contributed by atoms with Crippen LogP contribution in [0.4, 0.5) is 0 Å². The molecule has 0 aliphatic carbocycles. The van der Waals surface area contributed by atoms with Crippen LogP contribution in [-0.4, -0.2) is 61.9 Å². The molecule has 0 aromatic carbocycles. The lowest BCUT2D eigenvalue weighted by molar-refractivity contribution is -0.0786. The summed E-state index contributed by atoms with van der Waals surface area (Å²) in [5.74, 6) is 1.23. The van der Waals surface area contributed by atoms with E-state index in [1.54, 1.807) is 31.5 Å². The molecular formula is C16H18N2O5S. The van der Waals surface area contributed by atoms with Crippen LogP contribution in [0, 0.1) is 0 Å². The first-order valence-corrected chi connectivity index (χ1v) is 8.43. The van der Waals surface area contributed by atoms with Crippen LogP contribution in [0.25, 0.3) is 11.3 Å². The zero-order valence-corrected chi connectivity index (χ0v) is 13.8. The minimum absolute atomic E-state index is 0.293. The third-order valence-electron chi connectivity index (χ3n) is 3.68. The predicted molar refractivity (Wildman–Crippen MR) is 88.9 cm³/mol. The number of methoxy groups -OCH3 is 1. The van der Waals surface area contributed by atoms with Crippen molar-refractivity contribution in [2.75, 3.05) is 12.9 Å². The number of aliphatic hydroxyl groups is 3. The zero-order valence-electron chi connectivity index (χ0n) is 12.9. The summed E-state index contributed by atoms with van der Waals surface area (Å²) in [4.78, 5) is 8.47. The molecule has 3 N–H and O–H groups in total. The summed E-state index contributed by atoms with van der Waals surface area (Å²) in [6.45, 7) is 0. The Bertz CT molecular complexity index is 684. The molecule has 0 unspecified atom stereocenters. The van der Waals surface area contributed by atoms with Crippen molar-refractivity contribution in [3.05, 3.63) is 36.7 Å². The highest BCUT2D eigenvalue weighted by atomic mass is 32.2. The van der Waals surface area contributed by atoms with Crippen molar-refractivity contribution in [3.8, 4) is 22.9 Å². The van der Waals surface area contributed by atoms with Crippen molar-refractivity contribution in [2.24, 2.45) is 0 Å². The van der Waals surface area contributed by atoms with Crippen LogP contribution < -0.4 is 9.47 Å². The van der Waals surface area contributed by atoms with Gasteiger partial charge in [-0.1, -0.05) is 0 Å². The average molecular weight is 350 g/mol. The maximum Gasteiger partial charge on any atom is 0.222 e. The van der Waals surface area contributed by atoms with Gasteiger partial charge in [-0.2, -0.15) is 0 Å². The van der Waals surface area contributed by atoms with Gasteiger partial charge in [0.2, 0.25) is 5.88 Å². The first-order valence-electron chi connectivity index (χ1n) is 7.38. The van der Waals surface area contributed by atoms with Gasteiger partial charge in [-0.3, -0.25) is 4.98 Å². The summed E-state index contributed by atoms with van der Waals surface area (Å²) < 4.78 is 10.9. The number of aliphatic hydroxyl groups excluding tert-OH is 3. The molecule has 4 atom stereocenters. The fraction of sp³-hybridized carbons (Fsp3) is 0.375. The summed E-state index contributed by atoms with van der Waals surface area (Å²) in [6.07, 6.45) is -0.170. The van der Waals surface area contributed by atoms with Crippen molar-refractivity contribution in [2.45, 2.75) is 23.7 Å². The Balaban J connectivity index is 1.73. The maximum atomic E-state index is 9.97. The number of nitrogens with zero attached hydrogens (tertiary/aromatic N) is 2. The van der Waals surface area contributed by atoms with Crippen LogP contribution in [0.15, 0.2) is 36.7 Å². The van der Waals surface area contributed by atoms with Gasteiger partial charge < -0.3 is 24.8 Å². The minimum atomic E-state index is -1.22. The second-order valence-corrected chi connectivity index (χ2v) is 6.44. The van der Waals surface area contributed by atoms with Crippen LogP contribution in [-0.2, 0) is 0 Å². The van der Waals surface area contributed by atoms with E-state index in [0.29, 0.717) is 23.1 Å². The molecule has 2 aromatic heterocycles. The van der Waals surface area contributed by atoms with E-state index in [-0.39, 0.29) is 0 Å². The maximum absolute atomic E-state index is 9.97. The largest absolute Gasteiger partial charge is 0.481 e. The molecule has 0 bridgehead atoms. The highest BCUT2D eigenvalue weighted by Gasteiger charge is 2.38. The fourth-order valence-corrected chi connectivity index (χ4v) is 3.50. The summed E-state index contributed by atoms with van der Waals surface area (Å²) in [5.41, 5.74) is 0.778. The third kappa shape index (κ3) is 3.46. The number of pyridine rings is 2. The molecule has 7 nitrogen and oxygen atoms in total. The van der Waals surface area contributed by atoms with Gasteiger partial charge in [0.25, 0.3) is 0 Å². The van der Waals surface area contributed by atoms with Gasteiger partial charge >= 0.3 is 0 Å². The second kappa shape index (κ2) is 7.35. The molecule has 0 saturated carbocycles. The minimum Gasteiger partial charge on any atom is -0.481 e. The lowest BCUT2D eigenvalue weighted by atomic mass is 10.1. The Labute approximate surface area is 143 Å². The van der Waals surface area contributed by atoms with E-state index >= 15 is 0 Å². The Morgan fingerprint density at radius 1 is 1.12 bits per heavy atom. The van der Waals surface area contributed by atoms with Crippen LogP contribution in [0.2, 0.25) is 0 Å². The van der Waals surface area contributed by atoms with Crippen molar-refractivity contribution in [1.82, 2.24) is 9.97 Å². The van der Waals surface area contributed by atoms with E-state index in [0.717, 1.165) is 5.56 Å². The Morgan fingerprint density at radius 3 is 2.67 bits per heavy atom. The van der Waals surface area contributed by atoms with E-state index in [9.17, 15) is 15.3 Å². The number of ether oxygens (including phenoxy) is 2. The fourth-order valence-electron chi connectivity index (χ4n) is 2.37. The van der Waals surface area contributed by atoms with E-state index in [4.69, 9.17) is 9.47 Å². The normalized spacial score (nSPS) is 26.8. The zero-order chi connectivity index (χ0) is 17.1. The first kappa shape index (κ1) is 17.0. The standard InChI is InChI=1S/C16H18N2O5S/c1-22-15-10(3-2-6-17-15)11-5-4-9(7-18-11)23-16-14(21)13(20)12(19)8-24-16/h2-7,12-14,16,19-21H,8H2,1H3/t12-,13+,14-,16+/m1/s1. The first-order chi connectivity index (χ1) is 11.6. The molecule has 3 rings (SSSR count). The highest BCUT2D eigenvalue weighted by molar-refractivity contribution is 7.99. The highest BCUT2D eigenvalue weighted by Crippen LogP contribution is 2.30. The quantitative estimate of drug-likeness (QED) is 0.740. The van der Waals surface area contributed by atoms with Crippen LogP contribution in [0.5, 0.6) is 11.6 Å². The average Bonchev–Trinajstić information content (AvgIpc) is 2.63. The summed E-state index contributed by atoms with van der Waals surface area (Å²) in [7, 11) is 1.55. The summed E-state index contributed by atoms with van der Waals surface area (Å²) in [6, 6.07) is 7.14. The van der Waals surface area contributed by atoms with Gasteiger partial charge in [-0.05, 0) is 24.3 Å². The van der Waals surface area contributed by atoms with Crippen molar-refractivity contribution in [3.63, 3.8) is 0 Å². The number of aromatic nitrogens is 2. The van der Waals surface area contributed by atoms with E-state index < -0.39 is 23.7 Å². The molecule has 1 fully saturated rings. The van der Waals surface area contributed by atoms with Crippen molar-refractivity contribution in [1.29, 1.82) is 0 Å². The van der Waals surface area contributed by atoms with Crippen LogP contribution in [0.3, 0.4) is 0 Å². The molecule has 0 spiro atoms. The smallest absolute Gasteiger partial charge is 0.222 e. The number of thioether (sulfide) groups is 1. The molecular weight excluding hydrogens is 332 g/mol. The van der Waals surface area contributed by atoms with Gasteiger partial charge in [0.1, 0.15) is 18.0 Å². The molecule has 128 valence electrons. The van der Waals surface area contributed by atoms with E-state index in [2.05, 4.69) is 9.97 Å². The lowest BCUT2D eigenvalue weighted by Crippen LogP contribution is -2.50. The number of hydrogen-bond donors (Lipinski definition) is 3. The molecule has 0 radical (unpaired) electrons. The van der Waals surface area contributed by atoms with E-state index in [1.807, 2.05) is 6.07 Å².